The van der Waals surface area contributed by atoms with E-state index >= 15 is 0 Å². The quantitative estimate of drug-likeness (QED) is 0.738. The molecule has 3 aliphatic heterocycles. The number of para-hydroxylation sites is 1. The second-order valence-corrected chi connectivity index (χ2v) is 5.89. The molecule has 22 heavy (non-hydrogen) atoms. The molecule has 0 saturated carbocycles. The minimum atomic E-state index is -0.389. The van der Waals surface area contributed by atoms with Crippen LogP contribution in [-0.4, -0.2) is 18.5 Å². The summed E-state index contributed by atoms with van der Waals surface area (Å²) in [5.41, 5.74) is 2.69. The van der Waals surface area contributed by atoms with Gasteiger partial charge in [-0.25, -0.2) is 0 Å². The summed E-state index contributed by atoms with van der Waals surface area (Å²) in [6.07, 6.45) is 5.19. The van der Waals surface area contributed by atoms with Crippen molar-refractivity contribution in [2.45, 2.75) is 24.9 Å². The first-order valence-corrected chi connectivity index (χ1v) is 7.56. The van der Waals surface area contributed by atoms with Crippen LogP contribution in [0.15, 0.2) is 59.3 Å². The third kappa shape index (κ3) is 1.53. The number of ketones is 1. The standard InChI is InChI=1S/C18H14O4/c19-17-12-5-6-14-11(7-8-20-14)18(12)22-15-9-21-13-4-2-1-3-10(13)16(15)17/h1-5,9,14,16H,6-8H2. The fraction of sp³-hybridized carbons (Fsp3) is 0.278. The van der Waals surface area contributed by atoms with E-state index in [9.17, 15) is 4.79 Å². The summed E-state index contributed by atoms with van der Waals surface area (Å²) in [5, 5.41) is 0. The Kier molecular flexibility index (Phi) is 2.41. The van der Waals surface area contributed by atoms with Gasteiger partial charge in [-0.05, 0) is 18.9 Å². The molecule has 0 aromatic heterocycles. The van der Waals surface area contributed by atoms with Gasteiger partial charge in [0.1, 0.15) is 23.7 Å². The van der Waals surface area contributed by atoms with Crippen molar-refractivity contribution in [3.8, 4) is 5.75 Å². The highest BCUT2D eigenvalue weighted by Gasteiger charge is 2.44. The number of benzene rings is 1. The number of Topliss-reactive ketones (excluding diaryl/α,β-unsaturated/α-hetero) is 1. The van der Waals surface area contributed by atoms with Crippen LogP contribution in [0.5, 0.6) is 5.75 Å². The largest absolute Gasteiger partial charge is 0.461 e. The van der Waals surface area contributed by atoms with Crippen molar-refractivity contribution in [3.05, 3.63) is 64.8 Å². The zero-order valence-electron chi connectivity index (χ0n) is 11.9. The minimum Gasteiger partial charge on any atom is -0.461 e. The SMILES string of the molecule is O=C1C2=CCC3OCCC3=C2OC2=COc3ccccc3C12. The molecule has 0 spiro atoms. The number of hydrogen-bond acceptors (Lipinski definition) is 4. The fourth-order valence-corrected chi connectivity index (χ4v) is 3.66. The number of rotatable bonds is 0. The molecule has 2 atom stereocenters. The average molecular weight is 294 g/mol. The smallest absolute Gasteiger partial charge is 0.181 e. The number of hydrogen-bond donors (Lipinski definition) is 0. The maximum atomic E-state index is 13.0. The lowest BCUT2D eigenvalue weighted by Crippen LogP contribution is -2.31. The summed E-state index contributed by atoms with van der Waals surface area (Å²) in [5.74, 6) is 1.71. The van der Waals surface area contributed by atoms with E-state index in [0.717, 1.165) is 29.7 Å². The van der Waals surface area contributed by atoms with Crippen LogP contribution >= 0.6 is 0 Å². The second kappa shape index (κ2) is 4.34. The fourth-order valence-electron chi connectivity index (χ4n) is 3.66. The molecule has 4 nitrogen and oxygen atoms in total. The highest BCUT2D eigenvalue weighted by atomic mass is 16.5. The van der Waals surface area contributed by atoms with Crippen LogP contribution in [0.25, 0.3) is 0 Å². The van der Waals surface area contributed by atoms with E-state index in [2.05, 4.69) is 0 Å². The highest BCUT2D eigenvalue weighted by Crippen LogP contribution is 2.47. The monoisotopic (exact) mass is 294 g/mol. The van der Waals surface area contributed by atoms with Gasteiger partial charge in [-0.2, -0.15) is 0 Å². The van der Waals surface area contributed by atoms with Gasteiger partial charge in [0, 0.05) is 11.1 Å². The summed E-state index contributed by atoms with van der Waals surface area (Å²) in [4.78, 5) is 13.0. The molecule has 4 heteroatoms. The van der Waals surface area contributed by atoms with Crippen LogP contribution < -0.4 is 4.74 Å². The molecule has 0 bridgehead atoms. The van der Waals surface area contributed by atoms with Crippen LogP contribution in [-0.2, 0) is 14.3 Å². The molecule has 0 N–H and O–H groups in total. The molecule has 1 aromatic rings. The zero-order chi connectivity index (χ0) is 14.7. The Bertz CT molecular complexity index is 784. The molecule has 110 valence electrons. The molecular weight excluding hydrogens is 280 g/mol. The van der Waals surface area contributed by atoms with Gasteiger partial charge >= 0.3 is 0 Å². The Morgan fingerprint density at radius 3 is 3.05 bits per heavy atom. The third-order valence-electron chi connectivity index (χ3n) is 4.72. The Balaban J connectivity index is 1.65. The third-order valence-corrected chi connectivity index (χ3v) is 4.72. The first-order valence-electron chi connectivity index (χ1n) is 7.56. The van der Waals surface area contributed by atoms with E-state index in [1.165, 1.54) is 0 Å². The van der Waals surface area contributed by atoms with Crippen molar-refractivity contribution in [2.24, 2.45) is 0 Å². The molecule has 2 unspecified atom stereocenters. The second-order valence-electron chi connectivity index (χ2n) is 5.89. The van der Waals surface area contributed by atoms with Gasteiger partial charge in [0.15, 0.2) is 11.5 Å². The van der Waals surface area contributed by atoms with Gasteiger partial charge < -0.3 is 14.2 Å². The van der Waals surface area contributed by atoms with E-state index in [0.29, 0.717) is 23.7 Å². The van der Waals surface area contributed by atoms with Gasteiger partial charge in [0.25, 0.3) is 0 Å². The molecule has 5 rings (SSSR count). The Labute approximate surface area is 127 Å². The van der Waals surface area contributed by atoms with Crippen LogP contribution in [0, 0.1) is 0 Å². The number of carbonyl (C=O) groups excluding carboxylic acids is 1. The first-order chi connectivity index (χ1) is 10.8. The Morgan fingerprint density at radius 2 is 2.09 bits per heavy atom. The number of carbonyl (C=O) groups is 1. The minimum absolute atomic E-state index is 0.0699. The van der Waals surface area contributed by atoms with Crippen LogP contribution in [0.4, 0.5) is 0 Å². The van der Waals surface area contributed by atoms with E-state index in [1.54, 1.807) is 6.26 Å². The van der Waals surface area contributed by atoms with E-state index in [4.69, 9.17) is 14.2 Å². The molecular formula is C18H14O4. The molecule has 0 radical (unpaired) electrons. The van der Waals surface area contributed by atoms with Crippen molar-refractivity contribution in [1.29, 1.82) is 0 Å². The lowest BCUT2D eigenvalue weighted by Gasteiger charge is -2.34. The summed E-state index contributed by atoms with van der Waals surface area (Å²) >= 11 is 0. The molecule has 3 heterocycles. The molecule has 0 amide bonds. The predicted octanol–water partition coefficient (Wildman–Crippen LogP) is 2.98. The molecule has 2 saturated heterocycles. The predicted molar refractivity (Wildman–Crippen MR) is 78.1 cm³/mol. The summed E-state index contributed by atoms with van der Waals surface area (Å²) in [7, 11) is 0. The Hall–Kier alpha value is -2.33. The molecule has 1 aromatic carbocycles. The van der Waals surface area contributed by atoms with Gasteiger partial charge in [-0.15, -0.1) is 0 Å². The molecule has 4 aliphatic rings. The van der Waals surface area contributed by atoms with Gasteiger partial charge in [-0.3, -0.25) is 4.79 Å². The average Bonchev–Trinajstić information content (AvgIpc) is 3.03. The molecule has 2 fully saturated rings. The van der Waals surface area contributed by atoms with E-state index < -0.39 is 0 Å². The van der Waals surface area contributed by atoms with E-state index in [-0.39, 0.29) is 17.8 Å². The van der Waals surface area contributed by atoms with Gasteiger partial charge in [0.2, 0.25) is 0 Å². The summed E-state index contributed by atoms with van der Waals surface area (Å²) in [6, 6.07) is 7.62. The normalized spacial score (nSPS) is 28.5. The van der Waals surface area contributed by atoms with Crippen molar-refractivity contribution in [2.75, 3.05) is 6.61 Å². The lowest BCUT2D eigenvalue weighted by molar-refractivity contribution is -0.118. The topological polar surface area (TPSA) is 44.8 Å². The lowest BCUT2D eigenvalue weighted by atomic mass is 9.81. The first kappa shape index (κ1) is 12.2. The van der Waals surface area contributed by atoms with Gasteiger partial charge in [0.05, 0.1) is 18.3 Å². The van der Waals surface area contributed by atoms with Gasteiger partial charge in [-0.1, -0.05) is 24.3 Å². The maximum absolute atomic E-state index is 13.0. The number of ether oxygens (including phenoxy) is 3. The maximum Gasteiger partial charge on any atom is 0.181 e. The van der Waals surface area contributed by atoms with Crippen molar-refractivity contribution < 1.29 is 19.0 Å². The Morgan fingerprint density at radius 1 is 1.18 bits per heavy atom. The zero-order valence-corrected chi connectivity index (χ0v) is 11.9. The highest BCUT2D eigenvalue weighted by molar-refractivity contribution is 6.07. The van der Waals surface area contributed by atoms with E-state index in [1.807, 2.05) is 30.3 Å². The van der Waals surface area contributed by atoms with Crippen molar-refractivity contribution >= 4 is 5.78 Å². The van der Waals surface area contributed by atoms with Crippen LogP contribution in [0.3, 0.4) is 0 Å². The van der Waals surface area contributed by atoms with Crippen LogP contribution in [0.1, 0.15) is 24.3 Å². The van der Waals surface area contributed by atoms with Crippen LogP contribution in [0.2, 0.25) is 0 Å². The summed E-state index contributed by atoms with van der Waals surface area (Å²) < 4.78 is 17.4. The number of allylic oxidation sites excluding steroid dienone is 2. The number of fused-ring (bicyclic) bond motifs is 5. The van der Waals surface area contributed by atoms with Crippen molar-refractivity contribution in [1.82, 2.24) is 0 Å². The molecule has 1 aliphatic carbocycles. The summed E-state index contributed by atoms with van der Waals surface area (Å²) in [6.45, 7) is 0.698. The van der Waals surface area contributed by atoms with Crippen molar-refractivity contribution in [3.63, 3.8) is 0 Å².